The second-order valence-corrected chi connectivity index (χ2v) is 8.40. The van der Waals surface area contributed by atoms with E-state index >= 15 is 0 Å². The van der Waals surface area contributed by atoms with Crippen molar-refractivity contribution in [3.8, 4) is 5.75 Å². The normalized spacial score (nSPS) is 11.6. The number of rotatable bonds is 6. The highest BCUT2D eigenvalue weighted by Gasteiger charge is 2.20. The first-order valence-corrected chi connectivity index (χ1v) is 12.0. The maximum atomic E-state index is 13.5. The number of carbonyl (C=O) groups is 2. The molecule has 0 radical (unpaired) electrons. The molecule has 0 N–H and O–H groups in total. The Kier molecular flexibility index (Phi) is 6.82. The van der Waals surface area contributed by atoms with Crippen LogP contribution >= 0.6 is 0 Å². The summed E-state index contributed by atoms with van der Waals surface area (Å²) in [5, 5.41) is 0.198. The Morgan fingerprint density at radius 3 is 2.42 bits per heavy atom. The number of hydrogen-bond acceptors (Lipinski definition) is 6. The Hall–Kier alpha value is -5.05. The van der Waals surface area contributed by atoms with Gasteiger partial charge in [-0.1, -0.05) is 36.4 Å². The highest BCUT2D eigenvalue weighted by atomic mass is 16.5. The first-order chi connectivity index (χ1) is 18.5. The Bertz CT molecular complexity index is 1790. The molecule has 5 rings (SSSR count). The van der Waals surface area contributed by atoms with Crippen molar-refractivity contribution < 1.29 is 19.1 Å². The quantitative estimate of drug-likeness (QED) is 0.256. The van der Waals surface area contributed by atoms with Crippen LogP contribution in [0, 0.1) is 0 Å². The minimum Gasteiger partial charge on any atom is -0.497 e. The monoisotopic (exact) mass is 508 g/mol. The molecule has 0 aliphatic heterocycles. The molecule has 0 saturated carbocycles. The van der Waals surface area contributed by atoms with E-state index in [0.29, 0.717) is 22.6 Å². The highest BCUT2D eigenvalue weighted by Crippen LogP contribution is 2.15. The molecule has 1 amide bonds. The number of fused-ring (bicyclic) bond motifs is 2. The molecule has 0 atom stereocenters. The number of benzene rings is 2. The maximum Gasteiger partial charge on any atom is 0.341 e. The summed E-state index contributed by atoms with van der Waals surface area (Å²) in [5.41, 5.74) is 1.56. The predicted molar refractivity (Wildman–Crippen MR) is 141 cm³/mol. The molecule has 0 spiro atoms. The van der Waals surface area contributed by atoms with E-state index in [1.165, 1.54) is 17.6 Å². The van der Waals surface area contributed by atoms with Gasteiger partial charge in [-0.3, -0.25) is 14.0 Å². The van der Waals surface area contributed by atoms with E-state index in [2.05, 4.69) is 4.99 Å². The smallest absolute Gasteiger partial charge is 0.341 e. The van der Waals surface area contributed by atoms with Crippen molar-refractivity contribution in [2.24, 2.45) is 4.99 Å². The lowest BCUT2D eigenvalue weighted by Gasteiger charge is -2.15. The van der Waals surface area contributed by atoms with Gasteiger partial charge in [-0.25, -0.2) is 9.78 Å². The van der Waals surface area contributed by atoms with E-state index < -0.39 is 11.9 Å². The van der Waals surface area contributed by atoms with E-state index in [1.54, 1.807) is 60.2 Å². The zero-order chi connectivity index (χ0) is 26.6. The second kappa shape index (κ2) is 10.5. The third-order valence-electron chi connectivity index (χ3n) is 6.01. The van der Waals surface area contributed by atoms with E-state index in [0.717, 1.165) is 5.56 Å². The first kappa shape index (κ1) is 24.6. The lowest BCUT2D eigenvalue weighted by molar-refractivity contribution is 0.0523. The van der Waals surface area contributed by atoms with Gasteiger partial charge in [0.2, 0.25) is 0 Å². The number of hydrogen-bond donors (Lipinski definition) is 0. The van der Waals surface area contributed by atoms with E-state index in [4.69, 9.17) is 14.5 Å². The third-order valence-corrected chi connectivity index (χ3v) is 6.01. The Morgan fingerprint density at radius 1 is 0.974 bits per heavy atom. The van der Waals surface area contributed by atoms with Crippen LogP contribution in [0.25, 0.3) is 16.7 Å². The minimum absolute atomic E-state index is 0.00748. The standard InChI is InChI=1S/C29H24N4O5/c1-3-38-29(36)23-17-22-25(30-24-11-7-8-16-32(24)28(22)35)33(18-19-9-5-4-6-10-19)26(23)31-27(34)20-12-14-21(37-2)15-13-20/h4-17H,3,18H2,1-2H3. The second-order valence-electron chi connectivity index (χ2n) is 8.40. The van der Waals surface area contributed by atoms with Crippen molar-refractivity contribution in [3.05, 3.63) is 118 Å². The molecular weight excluding hydrogens is 484 g/mol. The predicted octanol–water partition coefficient (Wildman–Crippen LogP) is 3.62. The summed E-state index contributed by atoms with van der Waals surface area (Å²) in [6.45, 7) is 1.99. The largest absolute Gasteiger partial charge is 0.497 e. The number of esters is 1. The number of ether oxygens (including phenoxy) is 2. The Morgan fingerprint density at radius 2 is 1.71 bits per heavy atom. The van der Waals surface area contributed by atoms with Crippen LogP contribution in [0.15, 0.2) is 94.8 Å². The average Bonchev–Trinajstić information content (AvgIpc) is 2.95. The van der Waals surface area contributed by atoms with Crippen molar-refractivity contribution in [1.82, 2.24) is 14.0 Å². The molecule has 3 heterocycles. The van der Waals surface area contributed by atoms with Crippen LogP contribution in [0.3, 0.4) is 0 Å². The summed E-state index contributed by atoms with van der Waals surface area (Å²) in [4.78, 5) is 49.0. The fraction of sp³-hybridized carbons (Fsp3) is 0.138. The fourth-order valence-corrected chi connectivity index (χ4v) is 4.17. The van der Waals surface area contributed by atoms with Gasteiger partial charge in [0.05, 0.1) is 25.6 Å². The Balaban J connectivity index is 1.86. The summed E-state index contributed by atoms with van der Waals surface area (Å²) >= 11 is 0. The Labute approximate surface area is 217 Å². The summed E-state index contributed by atoms with van der Waals surface area (Å²) < 4.78 is 13.5. The van der Waals surface area contributed by atoms with Gasteiger partial charge in [-0.2, -0.15) is 4.99 Å². The van der Waals surface area contributed by atoms with Crippen LogP contribution in [-0.4, -0.2) is 39.5 Å². The SMILES string of the molecule is CCOC(=O)c1cc2c(=O)n3ccccc3nc2n(Cc2ccccc2)c1=NC(=O)c1ccc(OC)cc1. The summed E-state index contributed by atoms with van der Waals surface area (Å²) in [5.74, 6) is -0.679. The molecule has 38 heavy (non-hydrogen) atoms. The molecule has 0 aliphatic carbocycles. The van der Waals surface area contributed by atoms with Gasteiger partial charge in [-0.15, -0.1) is 0 Å². The van der Waals surface area contributed by atoms with Crippen molar-refractivity contribution in [1.29, 1.82) is 0 Å². The van der Waals surface area contributed by atoms with Gasteiger partial charge < -0.3 is 14.0 Å². The van der Waals surface area contributed by atoms with Crippen molar-refractivity contribution in [2.75, 3.05) is 13.7 Å². The highest BCUT2D eigenvalue weighted by molar-refractivity contribution is 5.97. The van der Waals surface area contributed by atoms with Gasteiger partial charge >= 0.3 is 5.97 Å². The molecule has 190 valence electrons. The van der Waals surface area contributed by atoms with Crippen LogP contribution in [0.4, 0.5) is 0 Å². The first-order valence-electron chi connectivity index (χ1n) is 12.0. The lowest BCUT2D eigenvalue weighted by Crippen LogP contribution is -2.33. The molecule has 9 heteroatoms. The van der Waals surface area contributed by atoms with Crippen molar-refractivity contribution in [2.45, 2.75) is 13.5 Å². The molecule has 0 aliphatic rings. The van der Waals surface area contributed by atoms with Crippen molar-refractivity contribution >= 4 is 28.6 Å². The molecule has 0 bridgehead atoms. The summed E-state index contributed by atoms with van der Waals surface area (Å²) in [6, 6.07) is 22.6. The van der Waals surface area contributed by atoms with Crippen LogP contribution in [0.5, 0.6) is 5.75 Å². The zero-order valence-electron chi connectivity index (χ0n) is 20.8. The number of methoxy groups -OCH3 is 1. The van der Waals surface area contributed by atoms with E-state index in [-0.39, 0.29) is 35.1 Å². The molecular formula is C29H24N4O5. The molecule has 9 nitrogen and oxygen atoms in total. The van der Waals surface area contributed by atoms with Gasteiger partial charge in [0, 0.05) is 11.8 Å². The zero-order valence-corrected chi connectivity index (χ0v) is 20.8. The fourth-order valence-electron chi connectivity index (χ4n) is 4.17. The lowest BCUT2D eigenvalue weighted by atomic mass is 10.1. The van der Waals surface area contributed by atoms with Crippen LogP contribution in [-0.2, 0) is 11.3 Å². The van der Waals surface area contributed by atoms with E-state index in [9.17, 15) is 14.4 Å². The minimum atomic E-state index is -0.699. The molecule has 0 fully saturated rings. The summed E-state index contributed by atoms with van der Waals surface area (Å²) in [7, 11) is 1.54. The van der Waals surface area contributed by atoms with Crippen molar-refractivity contribution in [3.63, 3.8) is 0 Å². The van der Waals surface area contributed by atoms with E-state index in [1.807, 2.05) is 30.3 Å². The molecule has 0 unspecified atom stereocenters. The third kappa shape index (κ3) is 4.69. The molecule has 0 saturated heterocycles. The van der Waals surface area contributed by atoms with Crippen LogP contribution in [0.1, 0.15) is 33.2 Å². The van der Waals surface area contributed by atoms with Gasteiger partial charge in [0.1, 0.15) is 22.6 Å². The molecule has 5 aromatic rings. The van der Waals surface area contributed by atoms with Crippen LogP contribution in [0.2, 0.25) is 0 Å². The van der Waals surface area contributed by atoms with Crippen LogP contribution < -0.4 is 15.8 Å². The van der Waals surface area contributed by atoms with Gasteiger partial charge in [-0.05, 0) is 55.0 Å². The van der Waals surface area contributed by atoms with Gasteiger partial charge in [0.15, 0.2) is 5.49 Å². The molecule has 3 aromatic heterocycles. The van der Waals surface area contributed by atoms with Gasteiger partial charge in [0.25, 0.3) is 11.5 Å². The molecule has 2 aromatic carbocycles. The number of pyridine rings is 2. The average molecular weight is 509 g/mol. The maximum absolute atomic E-state index is 13.5. The number of nitrogens with zero attached hydrogens (tertiary/aromatic N) is 4. The number of carbonyl (C=O) groups excluding carboxylic acids is 2. The number of amides is 1. The number of aromatic nitrogens is 3. The summed E-state index contributed by atoms with van der Waals surface area (Å²) in [6.07, 6.45) is 1.61. The topological polar surface area (TPSA) is 104 Å².